The zero-order valence-corrected chi connectivity index (χ0v) is 15.5. The van der Waals surface area contributed by atoms with E-state index in [9.17, 15) is 0 Å². The summed E-state index contributed by atoms with van der Waals surface area (Å²) in [6.07, 6.45) is 7.79. The van der Waals surface area contributed by atoms with E-state index in [1.165, 1.54) is 23.1 Å². The van der Waals surface area contributed by atoms with Gasteiger partial charge in [0.1, 0.15) is 0 Å². The first kappa shape index (κ1) is 17.2. The van der Waals surface area contributed by atoms with Crippen LogP contribution in [-0.2, 0) is 6.42 Å². The highest BCUT2D eigenvalue weighted by atomic mass is 14.7. The molecule has 27 heavy (non-hydrogen) atoms. The highest BCUT2D eigenvalue weighted by Crippen LogP contribution is 2.27. The van der Waals surface area contributed by atoms with Crippen molar-refractivity contribution in [1.29, 1.82) is 0 Å². The van der Waals surface area contributed by atoms with Crippen LogP contribution in [0.2, 0.25) is 0 Å². The van der Waals surface area contributed by atoms with Gasteiger partial charge in [-0.3, -0.25) is 4.98 Å². The molecule has 0 amide bonds. The Morgan fingerprint density at radius 3 is 2.22 bits per heavy atom. The number of hydrogen-bond donors (Lipinski definition) is 0. The minimum Gasteiger partial charge on any atom is -0.264 e. The lowest BCUT2D eigenvalue weighted by molar-refractivity contribution is 0.922. The highest BCUT2D eigenvalue weighted by Gasteiger charge is 2.07. The fourth-order valence-corrected chi connectivity index (χ4v) is 3.40. The zero-order chi connectivity index (χ0) is 18.6. The third kappa shape index (κ3) is 3.52. The van der Waals surface area contributed by atoms with Crippen LogP contribution in [0.25, 0.3) is 39.4 Å². The molecule has 2 aromatic carbocycles. The third-order valence-electron chi connectivity index (χ3n) is 4.87. The fraction of sp³-hybridized carbons (Fsp3) is 0.120. The summed E-state index contributed by atoms with van der Waals surface area (Å²) in [5, 5.41) is 1.03. The number of rotatable bonds is 5. The lowest BCUT2D eigenvalue weighted by atomic mass is 9.99. The molecule has 0 saturated heterocycles. The molecular weight excluding hydrogens is 328 g/mol. The maximum absolute atomic E-state index is 4.80. The summed E-state index contributed by atoms with van der Waals surface area (Å²) in [5.41, 5.74) is 7.90. The number of aromatic nitrogens is 2. The van der Waals surface area contributed by atoms with Crippen LogP contribution in [-0.4, -0.2) is 9.97 Å². The van der Waals surface area contributed by atoms with Crippen LogP contribution in [0.1, 0.15) is 24.5 Å². The van der Waals surface area contributed by atoms with Crippen LogP contribution in [0.4, 0.5) is 0 Å². The van der Waals surface area contributed by atoms with Crippen molar-refractivity contribution in [2.45, 2.75) is 19.8 Å². The van der Waals surface area contributed by atoms with Crippen molar-refractivity contribution in [3.63, 3.8) is 0 Å². The Morgan fingerprint density at radius 1 is 0.889 bits per heavy atom. The van der Waals surface area contributed by atoms with E-state index in [1.807, 2.05) is 18.3 Å². The molecule has 2 heteroatoms. The molecule has 0 N–H and O–H groups in total. The van der Waals surface area contributed by atoms with E-state index in [0.29, 0.717) is 0 Å². The summed E-state index contributed by atoms with van der Waals surface area (Å²) in [6, 6.07) is 21.5. The molecule has 0 atom stereocenters. The van der Waals surface area contributed by atoms with E-state index < -0.39 is 0 Å². The van der Waals surface area contributed by atoms with E-state index in [4.69, 9.17) is 4.98 Å². The van der Waals surface area contributed by atoms with Gasteiger partial charge in [0.15, 0.2) is 0 Å². The molecular formula is C25H22N2. The van der Waals surface area contributed by atoms with Gasteiger partial charge < -0.3 is 0 Å². The van der Waals surface area contributed by atoms with Crippen molar-refractivity contribution in [3.8, 4) is 22.4 Å². The summed E-state index contributed by atoms with van der Waals surface area (Å²) in [4.78, 5) is 9.00. The maximum atomic E-state index is 4.80. The maximum Gasteiger partial charge on any atom is 0.0746 e. The van der Waals surface area contributed by atoms with Crippen molar-refractivity contribution in [2.24, 2.45) is 0 Å². The predicted molar refractivity (Wildman–Crippen MR) is 114 cm³/mol. The van der Waals surface area contributed by atoms with Gasteiger partial charge in [0.2, 0.25) is 0 Å². The van der Waals surface area contributed by atoms with Gasteiger partial charge in [-0.15, -0.1) is 0 Å². The Bertz CT molecular complexity index is 1080. The largest absolute Gasteiger partial charge is 0.264 e. The second-order valence-electron chi connectivity index (χ2n) is 6.72. The summed E-state index contributed by atoms with van der Waals surface area (Å²) < 4.78 is 0. The van der Waals surface area contributed by atoms with Gasteiger partial charge in [-0.1, -0.05) is 74.5 Å². The van der Waals surface area contributed by atoms with Crippen LogP contribution in [0.15, 0.2) is 79.6 Å². The molecule has 0 radical (unpaired) electrons. The van der Waals surface area contributed by atoms with Gasteiger partial charge in [-0.2, -0.15) is 0 Å². The van der Waals surface area contributed by atoms with Crippen LogP contribution in [0.5, 0.6) is 0 Å². The zero-order valence-electron chi connectivity index (χ0n) is 15.5. The van der Waals surface area contributed by atoms with Crippen LogP contribution in [0, 0.1) is 0 Å². The first-order chi connectivity index (χ1) is 13.3. The quantitative estimate of drug-likeness (QED) is 0.407. The Hall–Kier alpha value is -3.26. The van der Waals surface area contributed by atoms with Gasteiger partial charge >= 0.3 is 0 Å². The minimum absolute atomic E-state index is 0.938. The lowest BCUT2D eigenvalue weighted by Gasteiger charge is -2.08. The summed E-state index contributed by atoms with van der Waals surface area (Å²) in [5.74, 6) is 0. The highest BCUT2D eigenvalue weighted by molar-refractivity contribution is 5.89. The predicted octanol–water partition coefficient (Wildman–Crippen LogP) is 6.56. The van der Waals surface area contributed by atoms with Gasteiger partial charge in [-0.25, -0.2) is 4.98 Å². The average Bonchev–Trinajstić information content (AvgIpc) is 2.74. The molecule has 2 heterocycles. The molecule has 0 aliphatic rings. The number of aryl methyl sites for hydroxylation is 1. The van der Waals surface area contributed by atoms with E-state index in [1.54, 1.807) is 6.20 Å². The van der Waals surface area contributed by atoms with E-state index in [-0.39, 0.29) is 0 Å². The number of fused-ring (bicyclic) bond motifs is 1. The van der Waals surface area contributed by atoms with Crippen molar-refractivity contribution in [3.05, 3.63) is 90.8 Å². The second kappa shape index (κ2) is 7.55. The summed E-state index contributed by atoms with van der Waals surface area (Å²) in [7, 11) is 0. The molecule has 4 rings (SSSR count). The molecule has 0 fully saturated rings. The van der Waals surface area contributed by atoms with Gasteiger partial charge in [-0.05, 0) is 40.8 Å². The second-order valence-corrected chi connectivity index (χ2v) is 6.72. The molecule has 0 aliphatic carbocycles. The van der Waals surface area contributed by atoms with E-state index in [0.717, 1.165) is 34.1 Å². The van der Waals surface area contributed by atoms with Crippen molar-refractivity contribution in [2.75, 3.05) is 0 Å². The van der Waals surface area contributed by atoms with Crippen molar-refractivity contribution in [1.82, 2.24) is 9.97 Å². The van der Waals surface area contributed by atoms with Crippen LogP contribution in [0.3, 0.4) is 0 Å². The molecule has 0 bridgehead atoms. The normalized spacial score (nSPS) is 10.9. The first-order valence-electron chi connectivity index (χ1n) is 9.35. The van der Waals surface area contributed by atoms with Gasteiger partial charge in [0.05, 0.1) is 11.2 Å². The number of nitrogens with zero attached hydrogens (tertiary/aromatic N) is 2. The van der Waals surface area contributed by atoms with Gasteiger partial charge in [0, 0.05) is 23.3 Å². The van der Waals surface area contributed by atoms with Crippen molar-refractivity contribution < 1.29 is 0 Å². The standard InChI is InChI=1S/C25H22N2/c1-3-5-18-6-8-20(9-7-18)21-10-12-22(13-11-21)25-16-19(4-2)23-17-26-15-14-24(23)27-25/h4,6-17H,2-3,5H2,1H3. The van der Waals surface area contributed by atoms with Crippen LogP contribution < -0.4 is 0 Å². The van der Waals surface area contributed by atoms with E-state index >= 15 is 0 Å². The summed E-state index contributed by atoms with van der Waals surface area (Å²) in [6.45, 7) is 6.14. The fourth-order valence-electron chi connectivity index (χ4n) is 3.40. The van der Waals surface area contributed by atoms with Gasteiger partial charge in [0.25, 0.3) is 0 Å². The number of pyridine rings is 2. The number of hydrogen-bond acceptors (Lipinski definition) is 2. The Kier molecular flexibility index (Phi) is 4.80. The minimum atomic E-state index is 0.938. The topological polar surface area (TPSA) is 25.8 Å². The molecule has 0 spiro atoms. The number of benzene rings is 2. The SMILES string of the molecule is C=Cc1cc(-c2ccc(-c3ccc(CCC)cc3)cc2)nc2ccncc12. The smallest absolute Gasteiger partial charge is 0.0746 e. The van der Waals surface area contributed by atoms with E-state index in [2.05, 4.69) is 73.1 Å². The lowest BCUT2D eigenvalue weighted by Crippen LogP contribution is -1.90. The Balaban J connectivity index is 1.68. The molecule has 2 aromatic heterocycles. The van der Waals surface area contributed by atoms with Crippen molar-refractivity contribution >= 4 is 17.0 Å². The Morgan fingerprint density at radius 2 is 1.56 bits per heavy atom. The molecule has 0 saturated carbocycles. The molecule has 4 aromatic rings. The Labute approximate surface area is 160 Å². The monoisotopic (exact) mass is 350 g/mol. The molecule has 0 aliphatic heterocycles. The average molecular weight is 350 g/mol. The summed E-state index contributed by atoms with van der Waals surface area (Å²) >= 11 is 0. The molecule has 2 nitrogen and oxygen atoms in total. The molecule has 132 valence electrons. The first-order valence-corrected chi connectivity index (χ1v) is 9.35. The molecule has 0 unspecified atom stereocenters. The van der Waals surface area contributed by atoms with Crippen LogP contribution >= 0.6 is 0 Å². The third-order valence-corrected chi connectivity index (χ3v) is 4.87.